The summed E-state index contributed by atoms with van der Waals surface area (Å²) in [7, 11) is 0. The van der Waals surface area contributed by atoms with E-state index in [0.29, 0.717) is 4.58 Å². The second-order valence-electron chi connectivity index (χ2n) is 5.29. The highest BCUT2D eigenvalue weighted by Gasteiger charge is 2.30. The fourth-order valence-corrected chi connectivity index (χ4v) is 5.89. The molecule has 0 bridgehead atoms. The maximum atomic E-state index is 2.28. The Balaban J connectivity index is 1.64. The Hall–Kier alpha value is -0.0800. The topological polar surface area (TPSA) is 0 Å². The van der Waals surface area contributed by atoms with Gasteiger partial charge in [-0.05, 0) is 30.9 Å². The van der Waals surface area contributed by atoms with Crippen LogP contribution in [0.25, 0.3) is 0 Å². The van der Waals surface area contributed by atoms with E-state index in [9.17, 15) is 0 Å². The van der Waals surface area contributed by atoms with Crippen molar-refractivity contribution in [2.24, 2.45) is 0 Å². The number of rotatable bonds is 1. The molecular weight excluding hydrogens is 256 g/mol. The number of benzene rings is 1. The van der Waals surface area contributed by atoms with Crippen molar-refractivity contribution in [3.63, 3.8) is 0 Å². The first-order valence-electron chi connectivity index (χ1n) is 7.20. The Morgan fingerprint density at radius 1 is 0.722 bits per heavy atom. The second kappa shape index (κ2) is 6.38. The summed E-state index contributed by atoms with van der Waals surface area (Å²) in [5.41, 5.74) is 0. The van der Waals surface area contributed by atoms with Crippen LogP contribution in [0.2, 0.25) is 0 Å². The van der Waals surface area contributed by atoms with Gasteiger partial charge in [-0.3, -0.25) is 0 Å². The third kappa shape index (κ3) is 3.08. The first-order valence-corrected chi connectivity index (χ1v) is 8.96. The lowest BCUT2D eigenvalue weighted by Gasteiger charge is -2.20. The summed E-state index contributed by atoms with van der Waals surface area (Å²) in [6.07, 6.45) is 11.4. The molecule has 0 atom stereocenters. The number of hydrogen-bond donors (Lipinski definition) is 0. The molecule has 1 aromatic rings. The van der Waals surface area contributed by atoms with Gasteiger partial charge in [0, 0.05) is 9.79 Å². The van der Waals surface area contributed by atoms with Gasteiger partial charge in [-0.1, -0.05) is 50.7 Å². The molecule has 2 aliphatic rings. The molecule has 18 heavy (non-hydrogen) atoms. The average molecular weight is 277 g/mol. The van der Waals surface area contributed by atoms with Gasteiger partial charge in [0.25, 0.3) is 0 Å². The lowest BCUT2D eigenvalue weighted by molar-refractivity contribution is 0.624. The van der Waals surface area contributed by atoms with Crippen LogP contribution in [0.15, 0.2) is 34.1 Å². The summed E-state index contributed by atoms with van der Waals surface area (Å²) < 4.78 is 0.709. The number of fused-ring (bicyclic) bond motifs is 1. The zero-order valence-electron chi connectivity index (χ0n) is 10.9. The quantitative estimate of drug-likeness (QED) is 0.625. The van der Waals surface area contributed by atoms with Crippen molar-refractivity contribution in [3.8, 4) is 0 Å². The summed E-state index contributed by atoms with van der Waals surface area (Å²) in [4.78, 5) is 3.00. The zero-order chi connectivity index (χ0) is 12.2. The minimum atomic E-state index is 0.709. The summed E-state index contributed by atoms with van der Waals surface area (Å²) in [6.45, 7) is 0. The fraction of sp³-hybridized carbons (Fsp3) is 0.562. The zero-order valence-corrected chi connectivity index (χ0v) is 12.5. The van der Waals surface area contributed by atoms with Gasteiger partial charge in [0.2, 0.25) is 0 Å². The highest BCUT2D eigenvalue weighted by atomic mass is 32.2. The van der Waals surface area contributed by atoms with Gasteiger partial charge in [-0.25, -0.2) is 0 Å². The minimum absolute atomic E-state index is 0.709. The van der Waals surface area contributed by atoms with Crippen molar-refractivity contribution in [3.05, 3.63) is 30.2 Å². The molecule has 0 amide bonds. The van der Waals surface area contributed by atoms with E-state index in [1.54, 1.807) is 0 Å². The molecule has 1 aliphatic carbocycles. The van der Waals surface area contributed by atoms with Crippen molar-refractivity contribution in [2.75, 3.05) is 0 Å². The van der Waals surface area contributed by atoms with Gasteiger partial charge < -0.3 is 0 Å². The van der Waals surface area contributed by atoms with Gasteiger partial charge in [-0.15, -0.1) is 23.5 Å². The predicted octanol–water partition coefficient (Wildman–Crippen LogP) is 5.92. The molecule has 0 unspecified atom stereocenters. The van der Waals surface area contributed by atoms with E-state index in [-0.39, 0.29) is 0 Å². The number of thioether (sulfide) groups is 2. The summed E-state index contributed by atoms with van der Waals surface area (Å²) in [5, 5.41) is 0. The molecule has 1 fully saturated rings. The predicted molar refractivity (Wildman–Crippen MR) is 82.1 cm³/mol. The van der Waals surface area contributed by atoms with Crippen LogP contribution in [-0.4, -0.2) is 4.58 Å². The lowest BCUT2D eigenvalue weighted by Crippen LogP contribution is -2.09. The van der Waals surface area contributed by atoms with Crippen LogP contribution in [0.4, 0.5) is 0 Å². The third-order valence-corrected chi connectivity index (χ3v) is 6.92. The van der Waals surface area contributed by atoms with E-state index >= 15 is 0 Å². The largest absolute Gasteiger partial charge is 0.110 e. The molecule has 97 valence electrons. The van der Waals surface area contributed by atoms with Crippen molar-refractivity contribution in [1.29, 1.82) is 0 Å². The Kier molecular flexibility index (Phi) is 4.58. The van der Waals surface area contributed by atoms with E-state index in [1.807, 2.05) is 5.92 Å². The molecule has 0 nitrogen and oxygen atoms in total. The molecular formula is C16H21S2. The van der Waals surface area contributed by atoms with E-state index < -0.39 is 0 Å². The van der Waals surface area contributed by atoms with E-state index in [0.717, 1.165) is 0 Å². The molecule has 1 radical (unpaired) electrons. The van der Waals surface area contributed by atoms with Crippen LogP contribution in [0, 0.1) is 5.92 Å². The molecule has 0 aromatic heterocycles. The van der Waals surface area contributed by atoms with E-state index in [4.69, 9.17) is 0 Å². The second-order valence-corrected chi connectivity index (χ2v) is 7.89. The highest BCUT2D eigenvalue weighted by molar-refractivity contribution is 8.19. The maximum absolute atomic E-state index is 2.28. The first kappa shape index (κ1) is 12.9. The van der Waals surface area contributed by atoms with Crippen LogP contribution >= 0.6 is 23.5 Å². The summed E-state index contributed by atoms with van der Waals surface area (Å²) in [5.74, 6) is 1.82. The third-order valence-electron chi connectivity index (χ3n) is 3.90. The molecule has 3 rings (SSSR count). The standard InChI is InChI=1S/C16H21S2/c1-2-4-6-10-13(9-5-3-1)16-17-14-11-7-8-12-15(14)18-16/h7-8,11-12,16H,1-6,9-10H2. The summed E-state index contributed by atoms with van der Waals surface area (Å²) >= 11 is 4.18. The molecule has 1 aromatic carbocycles. The molecule has 0 spiro atoms. The lowest BCUT2D eigenvalue weighted by atomic mass is 9.99. The van der Waals surface area contributed by atoms with Crippen LogP contribution in [0.3, 0.4) is 0 Å². The Labute approximate surface area is 119 Å². The fourth-order valence-electron chi connectivity index (χ4n) is 2.84. The van der Waals surface area contributed by atoms with Crippen molar-refractivity contribution < 1.29 is 0 Å². The maximum Gasteiger partial charge on any atom is 0.0659 e. The minimum Gasteiger partial charge on any atom is -0.110 e. The average Bonchev–Trinajstić information content (AvgIpc) is 2.87. The van der Waals surface area contributed by atoms with Crippen LogP contribution in [-0.2, 0) is 0 Å². The van der Waals surface area contributed by atoms with Crippen LogP contribution < -0.4 is 0 Å². The highest BCUT2D eigenvalue weighted by Crippen LogP contribution is 2.53. The monoisotopic (exact) mass is 277 g/mol. The SMILES string of the molecule is c1ccc2c(c1)SC([C]1CCCCCCCC1)S2. The smallest absolute Gasteiger partial charge is 0.0659 e. The Morgan fingerprint density at radius 3 is 1.78 bits per heavy atom. The van der Waals surface area contributed by atoms with Gasteiger partial charge in [-0.2, -0.15) is 0 Å². The first-order chi connectivity index (χ1) is 8.93. The Bertz CT molecular complexity index is 353. The normalized spacial score (nSPS) is 23.1. The molecule has 0 saturated heterocycles. The van der Waals surface area contributed by atoms with Gasteiger partial charge in [0.15, 0.2) is 0 Å². The van der Waals surface area contributed by atoms with Crippen molar-refractivity contribution in [2.45, 2.75) is 65.7 Å². The molecule has 2 heteroatoms. The molecule has 1 aliphatic heterocycles. The van der Waals surface area contributed by atoms with E-state index in [2.05, 4.69) is 47.8 Å². The van der Waals surface area contributed by atoms with Crippen LogP contribution in [0.1, 0.15) is 51.4 Å². The number of hydrogen-bond acceptors (Lipinski definition) is 2. The van der Waals surface area contributed by atoms with Crippen molar-refractivity contribution in [1.82, 2.24) is 0 Å². The summed E-state index contributed by atoms with van der Waals surface area (Å²) in [6, 6.07) is 8.90. The van der Waals surface area contributed by atoms with Gasteiger partial charge in [0.05, 0.1) is 4.58 Å². The Morgan fingerprint density at radius 2 is 1.22 bits per heavy atom. The van der Waals surface area contributed by atoms with Gasteiger partial charge in [0.1, 0.15) is 0 Å². The van der Waals surface area contributed by atoms with Crippen LogP contribution in [0.5, 0.6) is 0 Å². The van der Waals surface area contributed by atoms with Crippen molar-refractivity contribution >= 4 is 23.5 Å². The molecule has 1 heterocycles. The van der Waals surface area contributed by atoms with Gasteiger partial charge >= 0.3 is 0 Å². The van der Waals surface area contributed by atoms with E-state index in [1.165, 1.54) is 61.2 Å². The molecule has 0 N–H and O–H groups in total. The molecule has 1 saturated carbocycles.